The van der Waals surface area contributed by atoms with Crippen molar-refractivity contribution in [3.8, 4) is 0 Å². The highest BCUT2D eigenvalue weighted by Crippen LogP contribution is 2.51. The summed E-state index contributed by atoms with van der Waals surface area (Å²) in [5, 5.41) is 10.9. The summed E-state index contributed by atoms with van der Waals surface area (Å²) in [7, 11) is 0. The minimum absolute atomic E-state index is 0.0293. The number of likely N-dealkylation sites (tertiary alicyclic amines) is 1. The van der Waals surface area contributed by atoms with Gasteiger partial charge in [-0.05, 0) is 44.4 Å². The average Bonchev–Trinajstić information content (AvgIpc) is 2.57. The molecule has 1 aliphatic carbocycles. The largest absolute Gasteiger partial charge is 0.392 e. The van der Waals surface area contributed by atoms with Crippen LogP contribution in [0.1, 0.15) is 42.1 Å². The van der Waals surface area contributed by atoms with E-state index in [4.69, 9.17) is 16.3 Å². The third-order valence-corrected chi connectivity index (χ3v) is 6.00. The second-order valence-corrected chi connectivity index (χ2v) is 7.04. The van der Waals surface area contributed by atoms with Crippen LogP contribution in [0.25, 0.3) is 0 Å². The van der Waals surface area contributed by atoms with Crippen molar-refractivity contribution in [1.29, 1.82) is 0 Å². The Kier molecular flexibility index (Phi) is 4.68. The molecule has 2 aliphatic rings. The Labute approximate surface area is 142 Å². The molecule has 5 heteroatoms. The molecule has 0 bridgehead atoms. The molecule has 1 saturated carbocycles. The number of piperidine rings is 1. The lowest BCUT2D eigenvalue weighted by molar-refractivity contribution is -0.207. The van der Waals surface area contributed by atoms with Gasteiger partial charge in [-0.2, -0.15) is 0 Å². The number of halogens is 1. The summed E-state index contributed by atoms with van der Waals surface area (Å²) in [5.41, 5.74) is 1.34. The lowest BCUT2D eigenvalue weighted by atomic mass is 9.58. The summed E-state index contributed by atoms with van der Waals surface area (Å²) in [5.74, 6) is 0.0293. The van der Waals surface area contributed by atoms with Gasteiger partial charge in [-0.15, -0.1) is 0 Å². The van der Waals surface area contributed by atoms with Gasteiger partial charge in [0.25, 0.3) is 5.91 Å². The first-order chi connectivity index (χ1) is 11.0. The van der Waals surface area contributed by atoms with Gasteiger partial charge < -0.3 is 14.7 Å². The summed E-state index contributed by atoms with van der Waals surface area (Å²) < 4.78 is 5.78. The van der Waals surface area contributed by atoms with Crippen molar-refractivity contribution in [2.75, 3.05) is 19.7 Å². The van der Waals surface area contributed by atoms with Gasteiger partial charge in [-0.1, -0.05) is 17.7 Å². The van der Waals surface area contributed by atoms with Crippen LogP contribution in [0.2, 0.25) is 5.02 Å². The third kappa shape index (κ3) is 2.77. The summed E-state index contributed by atoms with van der Waals surface area (Å²) in [6.07, 6.45) is 2.14. The van der Waals surface area contributed by atoms with Crippen molar-refractivity contribution in [1.82, 2.24) is 4.90 Å². The highest BCUT2D eigenvalue weighted by Gasteiger charge is 2.56. The van der Waals surface area contributed by atoms with Gasteiger partial charge >= 0.3 is 0 Å². The normalized spacial score (nSPS) is 26.2. The molecule has 1 aromatic rings. The van der Waals surface area contributed by atoms with Crippen LogP contribution >= 0.6 is 11.6 Å². The van der Waals surface area contributed by atoms with Crippen LogP contribution in [0, 0.1) is 12.3 Å². The number of rotatable bonds is 3. The summed E-state index contributed by atoms with van der Waals surface area (Å²) in [4.78, 5) is 14.6. The van der Waals surface area contributed by atoms with E-state index in [9.17, 15) is 9.90 Å². The number of benzene rings is 1. The summed E-state index contributed by atoms with van der Waals surface area (Å²) >= 11 is 6.13. The van der Waals surface area contributed by atoms with Gasteiger partial charge in [0.1, 0.15) is 0 Å². The monoisotopic (exact) mass is 337 g/mol. The molecule has 1 aliphatic heterocycles. The fraction of sp³-hybridized carbons (Fsp3) is 0.611. The quantitative estimate of drug-likeness (QED) is 0.922. The summed E-state index contributed by atoms with van der Waals surface area (Å²) in [6, 6.07) is 5.44. The van der Waals surface area contributed by atoms with E-state index in [2.05, 4.69) is 0 Å². The van der Waals surface area contributed by atoms with Gasteiger partial charge in [-0.25, -0.2) is 0 Å². The predicted molar refractivity (Wildman–Crippen MR) is 89.8 cm³/mol. The van der Waals surface area contributed by atoms with E-state index in [1.165, 1.54) is 0 Å². The number of hydrogen-bond acceptors (Lipinski definition) is 3. The molecular weight excluding hydrogens is 314 g/mol. The molecule has 4 nitrogen and oxygen atoms in total. The first-order valence-corrected chi connectivity index (χ1v) is 8.71. The maximum atomic E-state index is 12.8. The van der Waals surface area contributed by atoms with Gasteiger partial charge in [0.2, 0.25) is 0 Å². The van der Waals surface area contributed by atoms with Crippen molar-refractivity contribution >= 4 is 17.5 Å². The Morgan fingerprint density at radius 2 is 2.13 bits per heavy atom. The molecule has 1 saturated heterocycles. The molecule has 2 unspecified atom stereocenters. The zero-order valence-electron chi connectivity index (χ0n) is 13.7. The molecule has 2 atom stereocenters. The second-order valence-electron chi connectivity index (χ2n) is 6.63. The maximum absolute atomic E-state index is 12.8. The average molecular weight is 338 g/mol. The molecule has 1 N–H and O–H groups in total. The SMILES string of the molecule is CCOC1CC(O)C12CCN(C(=O)c1cccc(Cl)c1C)CC2. The van der Waals surface area contributed by atoms with E-state index < -0.39 is 0 Å². The van der Waals surface area contributed by atoms with Crippen LogP contribution < -0.4 is 0 Å². The van der Waals surface area contributed by atoms with E-state index in [1.54, 1.807) is 6.07 Å². The molecule has 1 aromatic carbocycles. The van der Waals surface area contributed by atoms with Crippen LogP contribution in [-0.4, -0.2) is 47.8 Å². The van der Waals surface area contributed by atoms with Gasteiger partial charge in [0.15, 0.2) is 0 Å². The zero-order valence-corrected chi connectivity index (χ0v) is 14.5. The molecule has 0 aromatic heterocycles. The zero-order chi connectivity index (χ0) is 16.6. The lowest BCUT2D eigenvalue weighted by Gasteiger charge is -2.56. The number of hydrogen-bond donors (Lipinski definition) is 1. The van der Waals surface area contributed by atoms with Gasteiger partial charge in [0, 0.05) is 42.1 Å². The first-order valence-electron chi connectivity index (χ1n) is 8.33. The predicted octanol–water partition coefficient (Wildman–Crippen LogP) is 3.04. The second kappa shape index (κ2) is 6.42. The molecule has 23 heavy (non-hydrogen) atoms. The van der Waals surface area contributed by atoms with Crippen LogP contribution in [0.4, 0.5) is 0 Å². The minimum Gasteiger partial charge on any atom is -0.392 e. The topological polar surface area (TPSA) is 49.8 Å². The maximum Gasteiger partial charge on any atom is 0.254 e. The van der Waals surface area contributed by atoms with Crippen molar-refractivity contribution in [2.45, 2.75) is 45.3 Å². The number of carbonyl (C=O) groups excluding carboxylic acids is 1. The molecule has 126 valence electrons. The molecule has 1 amide bonds. The van der Waals surface area contributed by atoms with Gasteiger partial charge in [-0.3, -0.25) is 4.79 Å². The summed E-state index contributed by atoms with van der Waals surface area (Å²) in [6.45, 7) is 5.85. The third-order valence-electron chi connectivity index (χ3n) is 5.59. The molecular formula is C18H24ClNO3. The van der Waals surface area contributed by atoms with Crippen LogP contribution in [0.3, 0.4) is 0 Å². The number of amides is 1. The number of aliphatic hydroxyl groups excluding tert-OH is 1. The first kappa shape index (κ1) is 16.7. The van der Waals surface area contributed by atoms with Crippen molar-refractivity contribution < 1.29 is 14.6 Å². The van der Waals surface area contributed by atoms with E-state index in [0.717, 1.165) is 24.8 Å². The van der Waals surface area contributed by atoms with Crippen molar-refractivity contribution in [3.63, 3.8) is 0 Å². The Morgan fingerprint density at radius 1 is 1.43 bits per heavy atom. The van der Waals surface area contributed by atoms with E-state index in [1.807, 2.05) is 30.9 Å². The standard InChI is InChI=1S/C18H24ClNO3/c1-3-23-16-11-15(21)18(16)7-9-20(10-8-18)17(22)13-5-4-6-14(19)12(13)2/h4-6,15-16,21H,3,7-11H2,1-2H3. The molecule has 2 fully saturated rings. The molecule has 0 radical (unpaired) electrons. The van der Waals surface area contributed by atoms with E-state index >= 15 is 0 Å². The van der Waals surface area contributed by atoms with E-state index in [0.29, 0.717) is 30.3 Å². The van der Waals surface area contributed by atoms with Crippen LogP contribution in [-0.2, 0) is 4.74 Å². The number of aliphatic hydroxyl groups is 1. The lowest BCUT2D eigenvalue weighted by Crippen LogP contribution is -2.62. The Morgan fingerprint density at radius 3 is 2.74 bits per heavy atom. The highest BCUT2D eigenvalue weighted by molar-refractivity contribution is 6.31. The highest BCUT2D eigenvalue weighted by atomic mass is 35.5. The van der Waals surface area contributed by atoms with Crippen molar-refractivity contribution in [3.05, 3.63) is 34.3 Å². The van der Waals surface area contributed by atoms with Crippen molar-refractivity contribution in [2.24, 2.45) is 5.41 Å². The van der Waals surface area contributed by atoms with Gasteiger partial charge in [0.05, 0.1) is 12.2 Å². The number of ether oxygens (including phenoxy) is 1. The fourth-order valence-corrected chi connectivity index (χ4v) is 4.13. The number of carbonyl (C=O) groups is 1. The molecule has 1 heterocycles. The van der Waals surface area contributed by atoms with Crippen LogP contribution in [0.5, 0.6) is 0 Å². The Bertz CT molecular complexity index is 594. The van der Waals surface area contributed by atoms with E-state index in [-0.39, 0.29) is 23.5 Å². The smallest absolute Gasteiger partial charge is 0.254 e. The molecule has 3 rings (SSSR count). The Hall–Kier alpha value is -1.10. The number of nitrogens with zero attached hydrogens (tertiary/aromatic N) is 1. The fourth-order valence-electron chi connectivity index (χ4n) is 3.95. The minimum atomic E-state index is -0.302. The molecule has 1 spiro atoms. The Balaban J connectivity index is 1.69. The van der Waals surface area contributed by atoms with Crippen LogP contribution in [0.15, 0.2) is 18.2 Å².